The molecule has 1 aromatic heterocycles. The largest absolute Gasteiger partial charge is 0.441 e. The van der Waals surface area contributed by atoms with Gasteiger partial charge in [0.1, 0.15) is 11.8 Å². The van der Waals surface area contributed by atoms with E-state index in [2.05, 4.69) is 11.9 Å². The molecular weight excluding hydrogens is 245 g/mol. The van der Waals surface area contributed by atoms with E-state index in [-0.39, 0.29) is 12.0 Å². The molecule has 1 aromatic carbocycles. The Bertz CT molecular complexity index is 601. The number of aldehydes is 1. The van der Waals surface area contributed by atoms with Crippen LogP contribution in [-0.4, -0.2) is 11.3 Å². The highest BCUT2D eigenvalue weighted by Gasteiger charge is 2.07. The highest BCUT2D eigenvalue weighted by atomic mass is 19.1. The van der Waals surface area contributed by atoms with Crippen molar-refractivity contribution >= 4 is 17.4 Å². The van der Waals surface area contributed by atoms with Crippen LogP contribution in [0.25, 0.3) is 11.1 Å². The molecule has 0 aliphatic carbocycles. The maximum atomic E-state index is 12.4. The van der Waals surface area contributed by atoms with Crippen molar-refractivity contribution in [2.45, 2.75) is 32.6 Å². The van der Waals surface area contributed by atoms with Crippen LogP contribution in [0.1, 0.15) is 31.2 Å². The number of fused-ring (bicyclic) bond motifs is 1. The lowest BCUT2D eigenvalue weighted by atomic mass is 10.1. The van der Waals surface area contributed by atoms with Crippen LogP contribution in [0.4, 0.5) is 4.39 Å². The number of hydrogen-bond donors (Lipinski definition) is 0. The number of halogens is 1. The topological polar surface area (TPSA) is 43.1 Å². The molecule has 0 unspecified atom stereocenters. The molecular formula is C15H16FNO2. The molecule has 0 aliphatic heterocycles. The Balaban J connectivity index is 2.22. The van der Waals surface area contributed by atoms with E-state index in [1.54, 1.807) is 0 Å². The lowest BCUT2D eigenvalue weighted by molar-refractivity contribution is -0.105. The van der Waals surface area contributed by atoms with Crippen molar-refractivity contribution in [3.8, 4) is 0 Å². The summed E-state index contributed by atoms with van der Waals surface area (Å²) in [6.07, 6.45) is 4.08. The number of hydrogen-bond acceptors (Lipinski definition) is 3. The van der Waals surface area contributed by atoms with Gasteiger partial charge >= 0.3 is 0 Å². The summed E-state index contributed by atoms with van der Waals surface area (Å²) in [4.78, 5) is 15.0. The Labute approximate surface area is 111 Å². The zero-order valence-electron chi connectivity index (χ0n) is 10.9. The number of carbonyl (C=O) groups is 1. The second kappa shape index (κ2) is 6.27. The molecule has 0 N–H and O–H groups in total. The number of benzene rings is 1. The van der Waals surface area contributed by atoms with E-state index in [1.165, 1.54) is 0 Å². The number of unbranched alkanes of at least 4 members (excludes halogenated alkanes) is 1. The van der Waals surface area contributed by atoms with Gasteiger partial charge in [-0.05, 0) is 24.1 Å². The van der Waals surface area contributed by atoms with Gasteiger partial charge in [-0.25, -0.2) is 9.37 Å². The number of oxazole rings is 1. The summed E-state index contributed by atoms with van der Waals surface area (Å²) in [5, 5.41) is 0. The predicted octanol–water partition coefficient (Wildman–Crippen LogP) is 3.77. The lowest BCUT2D eigenvalue weighted by Gasteiger charge is -1.98. The molecule has 2 aromatic rings. The molecule has 0 atom stereocenters. The Morgan fingerprint density at radius 3 is 3.00 bits per heavy atom. The monoisotopic (exact) mass is 261 g/mol. The summed E-state index contributed by atoms with van der Waals surface area (Å²) in [5.41, 5.74) is 2.44. The van der Waals surface area contributed by atoms with Gasteiger partial charge in [0.2, 0.25) is 0 Å². The van der Waals surface area contributed by atoms with E-state index < -0.39 is 0 Å². The molecule has 0 aliphatic rings. The smallest absolute Gasteiger partial charge is 0.195 e. The maximum Gasteiger partial charge on any atom is 0.195 e. The second-order valence-electron chi connectivity index (χ2n) is 4.49. The van der Waals surface area contributed by atoms with Crippen molar-refractivity contribution in [2.75, 3.05) is 0 Å². The molecule has 0 saturated carbocycles. The van der Waals surface area contributed by atoms with E-state index in [4.69, 9.17) is 4.42 Å². The fourth-order valence-electron chi connectivity index (χ4n) is 1.90. The Morgan fingerprint density at radius 1 is 1.47 bits per heavy atom. The molecule has 4 heteroatoms. The molecule has 3 nitrogen and oxygen atoms in total. The summed E-state index contributed by atoms with van der Waals surface area (Å²) < 4.78 is 18.0. The quantitative estimate of drug-likeness (QED) is 0.587. The average molecular weight is 261 g/mol. The van der Waals surface area contributed by atoms with Gasteiger partial charge < -0.3 is 4.42 Å². The van der Waals surface area contributed by atoms with Crippen molar-refractivity contribution in [1.82, 2.24) is 4.98 Å². The summed E-state index contributed by atoms with van der Waals surface area (Å²) >= 11 is 0. The highest BCUT2D eigenvalue weighted by Crippen LogP contribution is 2.20. The highest BCUT2D eigenvalue weighted by molar-refractivity contribution is 5.76. The van der Waals surface area contributed by atoms with E-state index in [9.17, 15) is 9.18 Å². The normalized spacial score (nSPS) is 12.0. The van der Waals surface area contributed by atoms with E-state index in [0.29, 0.717) is 18.2 Å². The number of carbonyl (C=O) groups excluding carboxylic acids is 1. The first-order chi connectivity index (χ1) is 9.26. The lowest BCUT2D eigenvalue weighted by Crippen LogP contribution is -1.90. The summed E-state index contributed by atoms with van der Waals surface area (Å²) in [6, 6.07) is 5.48. The van der Waals surface area contributed by atoms with E-state index in [0.717, 1.165) is 36.2 Å². The number of aryl methyl sites for hydroxylation is 1. The number of aromatic nitrogens is 1. The van der Waals surface area contributed by atoms with Gasteiger partial charge in [-0.15, -0.1) is 0 Å². The van der Waals surface area contributed by atoms with Crippen LogP contribution in [0.2, 0.25) is 0 Å². The van der Waals surface area contributed by atoms with Gasteiger partial charge in [0.25, 0.3) is 0 Å². The molecule has 19 heavy (non-hydrogen) atoms. The molecule has 2 rings (SSSR count). The number of nitrogens with zero attached hydrogens (tertiary/aromatic N) is 1. The molecule has 0 radical (unpaired) electrons. The molecule has 0 amide bonds. The molecule has 0 bridgehead atoms. The fraction of sp³-hybridized carbons (Fsp3) is 0.333. The van der Waals surface area contributed by atoms with Crippen molar-refractivity contribution in [2.24, 2.45) is 0 Å². The van der Waals surface area contributed by atoms with Crippen LogP contribution in [0.15, 0.2) is 34.5 Å². The zero-order chi connectivity index (χ0) is 13.7. The first-order valence-corrected chi connectivity index (χ1v) is 6.39. The first kappa shape index (κ1) is 13.5. The number of rotatable bonds is 6. The predicted molar refractivity (Wildman–Crippen MR) is 71.6 cm³/mol. The van der Waals surface area contributed by atoms with Crippen LogP contribution < -0.4 is 0 Å². The Hall–Kier alpha value is -1.97. The summed E-state index contributed by atoms with van der Waals surface area (Å²) in [5.74, 6) is 0.727. The van der Waals surface area contributed by atoms with Crippen molar-refractivity contribution < 1.29 is 13.6 Å². The third-order valence-corrected chi connectivity index (χ3v) is 2.94. The van der Waals surface area contributed by atoms with Gasteiger partial charge in [0.15, 0.2) is 11.5 Å². The average Bonchev–Trinajstić information content (AvgIpc) is 2.84. The zero-order valence-corrected chi connectivity index (χ0v) is 10.9. The fourth-order valence-corrected chi connectivity index (χ4v) is 1.90. The van der Waals surface area contributed by atoms with E-state index in [1.807, 2.05) is 18.2 Å². The molecule has 100 valence electrons. The Kier molecular flexibility index (Phi) is 4.44. The maximum absolute atomic E-state index is 12.4. The second-order valence-corrected chi connectivity index (χ2v) is 4.49. The van der Waals surface area contributed by atoms with E-state index >= 15 is 0 Å². The van der Waals surface area contributed by atoms with Gasteiger partial charge in [0, 0.05) is 18.4 Å². The van der Waals surface area contributed by atoms with Gasteiger partial charge in [-0.1, -0.05) is 19.4 Å². The third-order valence-electron chi connectivity index (χ3n) is 2.94. The van der Waals surface area contributed by atoms with Crippen LogP contribution in [-0.2, 0) is 17.6 Å². The van der Waals surface area contributed by atoms with Crippen molar-refractivity contribution in [3.05, 3.63) is 41.6 Å². The molecule has 1 heterocycles. The van der Waals surface area contributed by atoms with Crippen LogP contribution in [0.3, 0.4) is 0 Å². The summed E-state index contributed by atoms with van der Waals surface area (Å²) in [7, 11) is 0. The van der Waals surface area contributed by atoms with Gasteiger partial charge in [0.05, 0.1) is 6.33 Å². The minimum absolute atomic E-state index is 0.116. The minimum atomic E-state index is 0.116. The van der Waals surface area contributed by atoms with Gasteiger partial charge in [-0.2, -0.15) is 0 Å². The van der Waals surface area contributed by atoms with Crippen LogP contribution >= 0.6 is 0 Å². The standard InChI is InChI=1S/C15H16FNO2/c1-2-3-4-15-17-13-6-5-11(8-14(13)19-15)7-12(9-16)10-18/h5-6,8-10H,2-4,7H2,1H3/b12-9-. The van der Waals surface area contributed by atoms with Gasteiger partial charge in [-0.3, -0.25) is 4.79 Å². The van der Waals surface area contributed by atoms with Crippen LogP contribution in [0.5, 0.6) is 0 Å². The molecule has 0 fully saturated rings. The SMILES string of the molecule is CCCCc1nc2ccc(C/C(C=O)=C/F)cc2o1. The Morgan fingerprint density at radius 2 is 2.32 bits per heavy atom. The van der Waals surface area contributed by atoms with Crippen molar-refractivity contribution in [1.29, 1.82) is 0 Å². The number of allylic oxidation sites excluding steroid dienone is 1. The molecule has 0 saturated heterocycles. The minimum Gasteiger partial charge on any atom is -0.441 e. The first-order valence-electron chi connectivity index (χ1n) is 6.39. The third kappa shape index (κ3) is 3.28. The molecule has 0 spiro atoms. The van der Waals surface area contributed by atoms with Crippen LogP contribution in [0, 0.1) is 0 Å². The van der Waals surface area contributed by atoms with Crippen molar-refractivity contribution in [3.63, 3.8) is 0 Å². The summed E-state index contributed by atoms with van der Waals surface area (Å²) in [6.45, 7) is 2.12.